The van der Waals surface area contributed by atoms with Crippen LogP contribution in [0.4, 0.5) is 13.2 Å². The van der Waals surface area contributed by atoms with Crippen LogP contribution < -0.4 is 4.74 Å². The van der Waals surface area contributed by atoms with E-state index in [1.54, 1.807) is 19.1 Å². The minimum absolute atomic E-state index is 0.236. The van der Waals surface area contributed by atoms with Crippen LogP contribution >= 0.6 is 11.6 Å². The smallest absolute Gasteiger partial charge is 0.416 e. The molecular weight excluding hydrogens is 305 g/mol. The molecule has 0 spiro atoms. The van der Waals surface area contributed by atoms with Gasteiger partial charge in [0.15, 0.2) is 0 Å². The number of hydrogen-bond donors (Lipinski definition) is 0. The number of benzene rings is 2. The summed E-state index contributed by atoms with van der Waals surface area (Å²) >= 11 is 5.43. The van der Waals surface area contributed by atoms with E-state index in [9.17, 15) is 18.0 Å². The molecule has 2 aromatic carbocycles. The highest BCUT2D eigenvalue weighted by molar-refractivity contribution is 6.67. The first-order valence-electron chi connectivity index (χ1n) is 5.93. The number of aryl methyl sites for hydroxylation is 1. The molecule has 0 aromatic heterocycles. The Morgan fingerprint density at radius 1 is 1.05 bits per heavy atom. The first-order valence-corrected chi connectivity index (χ1v) is 6.31. The molecule has 0 fully saturated rings. The molecule has 0 unspecified atom stereocenters. The molecule has 0 heterocycles. The van der Waals surface area contributed by atoms with E-state index in [4.69, 9.17) is 16.3 Å². The number of halogens is 4. The standard InChI is InChI=1S/C15H10ClF3O2/c1-9-2-5-12(8-13(9)14(16)20)21-11-6-3-10(4-7-11)15(17,18)19/h2-8H,1H3. The molecule has 2 nitrogen and oxygen atoms in total. The van der Waals surface area contributed by atoms with Gasteiger partial charge in [0.25, 0.3) is 5.24 Å². The number of rotatable bonds is 3. The van der Waals surface area contributed by atoms with E-state index in [2.05, 4.69) is 0 Å². The fraction of sp³-hybridized carbons (Fsp3) is 0.133. The van der Waals surface area contributed by atoms with E-state index >= 15 is 0 Å². The van der Waals surface area contributed by atoms with Gasteiger partial charge in [-0.25, -0.2) is 0 Å². The van der Waals surface area contributed by atoms with Crippen molar-refractivity contribution in [3.8, 4) is 11.5 Å². The number of carbonyl (C=O) groups excluding carboxylic acids is 1. The highest BCUT2D eigenvalue weighted by Crippen LogP contribution is 2.31. The highest BCUT2D eigenvalue weighted by Gasteiger charge is 2.30. The van der Waals surface area contributed by atoms with Crippen molar-refractivity contribution in [2.24, 2.45) is 0 Å². The average molecular weight is 315 g/mol. The summed E-state index contributed by atoms with van der Waals surface area (Å²) in [4.78, 5) is 11.2. The third-order valence-corrected chi connectivity index (χ3v) is 3.04. The van der Waals surface area contributed by atoms with Crippen molar-refractivity contribution in [1.82, 2.24) is 0 Å². The van der Waals surface area contributed by atoms with E-state index in [0.29, 0.717) is 16.9 Å². The Balaban J connectivity index is 2.22. The zero-order valence-electron chi connectivity index (χ0n) is 10.9. The molecule has 6 heteroatoms. The summed E-state index contributed by atoms with van der Waals surface area (Å²) in [6.07, 6.45) is -4.39. The third-order valence-electron chi connectivity index (χ3n) is 2.84. The molecule has 0 N–H and O–H groups in total. The summed E-state index contributed by atoms with van der Waals surface area (Å²) in [6.45, 7) is 1.72. The van der Waals surface area contributed by atoms with Crippen LogP contribution in [0, 0.1) is 6.92 Å². The zero-order chi connectivity index (χ0) is 15.6. The van der Waals surface area contributed by atoms with Gasteiger partial charge in [-0.2, -0.15) is 13.2 Å². The number of carbonyl (C=O) groups is 1. The van der Waals surface area contributed by atoms with Crippen molar-refractivity contribution >= 4 is 16.8 Å². The summed E-state index contributed by atoms with van der Waals surface area (Å²) in [5.41, 5.74) is 0.228. The number of ether oxygens (including phenoxy) is 1. The maximum Gasteiger partial charge on any atom is 0.416 e. The maximum atomic E-state index is 12.4. The van der Waals surface area contributed by atoms with Crippen LogP contribution in [0.5, 0.6) is 11.5 Å². The molecule has 21 heavy (non-hydrogen) atoms. The van der Waals surface area contributed by atoms with Gasteiger partial charge in [0.2, 0.25) is 0 Å². The first-order chi connectivity index (χ1) is 9.77. The molecule has 0 atom stereocenters. The van der Waals surface area contributed by atoms with Gasteiger partial charge in [-0.15, -0.1) is 0 Å². The Morgan fingerprint density at radius 3 is 2.14 bits per heavy atom. The summed E-state index contributed by atoms with van der Waals surface area (Å²) in [7, 11) is 0. The van der Waals surface area contributed by atoms with Gasteiger partial charge in [0.1, 0.15) is 11.5 Å². The Kier molecular flexibility index (Phi) is 4.23. The quantitative estimate of drug-likeness (QED) is 0.729. The third kappa shape index (κ3) is 3.76. The Bertz CT molecular complexity index is 664. The van der Waals surface area contributed by atoms with E-state index in [1.807, 2.05) is 0 Å². The molecule has 110 valence electrons. The van der Waals surface area contributed by atoms with Crippen LogP contribution in [-0.2, 0) is 6.18 Å². The van der Waals surface area contributed by atoms with Crippen molar-refractivity contribution in [1.29, 1.82) is 0 Å². The monoisotopic (exact) mass is 314 g/mol. The van der Waals surface area contributed by atoms with Crippen LogP contribution in [0.1, 0.15) is 21.5 Å². The van der Waals surface area contributed by atoms with Crippen molar-refractivity contribution < 1.29 is 22.7 Å². The van der Waals surface area contributed by atoms with E-state index in [1.165, 1.54) is 18.2 Å². The predicted octanol–water partition coefficient (Wildman–Crippen LogP) is 5.19. The lowest BCUT2D eigenvalue weighted by molar-refractivity contribution is -0.137. The van der Waals surface area contributed by atoms with Gasteiger partial charge in [-0.1, -0.05) is 6.07 Å². The molecular formula is C15H10ClF3O2. The maximum absolute atomic E-state index is 12.4. The second-order valence-corrected chi connectivity index (χ2v) is 4.72. The summed E-state index contributed by atoms with van der Waals surface area (Å²) in [5, 5.41) is -0.620. The molecule has 0 saturated carbocycles. The molecule has 2 rings (SSSR count). The second kappa shape index (κ2) is 5.77. The minimum atomic E-state index is -4.39. The molecule has 0 aliphatic rings. The Hall–Kier alpha value is -2.01. The van der Waals surface area contributed by atoms with Gasteiger partial charge in [0, 0.05) is 5.56 Å². The molecule has 0 bridgehead atoms. The minimum Gasteiger partial charge on any atom is -0.457 e. The average Bonchev–Trinajstić information content (AvgIpc) is 2.40. The van der Waals surface area contributed by atoms with Gasteiger partial charge in [0.05, 0.1) is 5.56 Å². The lowest BCUT2D eigenvalue weighted by Crippen LogP contribution is -2.04. The van der Waals surface area contributed by atoms with Gasteiger partial charge >= 0.3 is 6.18 Å². The fourth-order valence-electron chi connectivity index (χ4n) is 1.72. The summed E-state index contributed by atoms with van der Waals surface area (Å²) in [5.74, 6) is 0.559. The van der Waals surface area contributed by atoms with E-state index < -0.39 is 17.0 Å². The Morgan fingerprint density at radius 2 is 1.62 bits per heavy atom. The molecule has 2 aromatic rings. The van der Waals surface area contributed by atoms with Crippen molar-refractivity contribution in [2.45, 2.75) is 13.1 Å². The first kappa shape index (κ1) is 15.4. The predicted molar refractivity (Wildman–Crippen MR) is 72.9 cm³/mol. The lowest BCUT2D eigenvalue weighted by Gasteiger charge is -2.10. The van der Waals surface area contributed by atoms with Crippen LogP contribution in [0.25, 0.3) is 0 Å². The topological polar surface area (TPSA) is 26.3 Å². The summed E-state index contributed by atoms with van der Waals surface area (Å²) in [6, 6.07) is 8.98. The molecule has 0 radical (unpaired) electrons. The molecule has 0 amide bonds. The van der Waals surface area contributed by atoms with Crippen LogP contribution in [0.3, 0.4) is 0 Å². The molecule has 0 saturated heterocycles. The lowest BCUT2D eigenvalue weighted by atomic mass is 10.1. The largest absolute Gasteiger partial charge is 0.457 e. The van der Waals surface area contributed by atoms with Gasteiger partial charge in [-0.05, 0) is 60.5 Å². The van der Waals surface area contributed by atoms with Gasteiger partial charge in [-0.3, -0.25) is 4.79 Å². The van der Waals surface area contributed by atoms with Crippen LogP contribution in [-0.4, -0.2) is 5.24 Å². The zero-order valence-corrected chi connectivity index (χ0v) is 11.6. The fourth-order valence-corrected chi connectivity index (χ4v) is 1.93. The van der Waals surface area contributed by atoms with Gasteiger partial charge < -0.3 is 4.74 Å². The molecule has 0 aliphatic heterocycles. The second-order valence-electron chi connectivity index (χ2n) is 4.37. The highest BCUT2D eigenvalue weighted by atomic mass is 35.5. The normalized spacial score (nSPS) is 11.3. The van der Waals surface area contributed by atoms with Crippen LogP contribution in [0.15, 0.2) is 42.5 Å². The molecule has 0 aliphatic carbocycles. The number of alkyl halides is 3. The van der Waals surface area contributed by atoms with Crippen molar-refractivity contribution in [3.63, 3.8) is 0 Å². The number of hydrogen-bond acceptors (Lipinski definition) is 2. The summed E-state index contributed by atoms with van der Waals surface area (Å²) < 4.78 is 42.7. The SMILES string of the molecule is Cc1ccc(Oc2ccc(C(F)(F)F)cc2)cc1C(=O)Cl. The van der Waals surface area contributed by atoms with Crippen LogP contribution in [0.2, 0.25) is 0 Å². The van der Waals surface area contributed by atoms with Crippen molar-refractivity contribution in [2.75, 3.05) is 0 Å². The van der Waals surface area contributed by atoms with Crippen molar-refractivity contribution in [3.05, 3.63) is 59.2 Å². The van der Waals surface area contributed by atoms with E-state index in [-0.39, 0.29) is 5.75 Å². The van der Waals surface area contributed by atoms with E-state index in [0.717, 1.165) is 12.1 Å². The Labute approximate surface area is 124 Å².